The normalized spacial score (nSPS) is 23.4. The number of nitrogens with zero attached hydrogens (tertiary/aromatic N) is 1. The van der Waals surface area contributed by atoms with E-state index in [0.717, 1.165) is 17.5 Å². The monoisotopic (exact) mass is 334 g/mol. The number of nitrogen functional groups attached to an aromatic ring is 1. The van der Waals surface area contributed by atoms with Crippen molar-refractivity contribution in [3.63, 3.8) is 0 Å². The molecule has 3 rings (SSSR count). The molecule has 132 valence electrons. The molecule has 0 saturated carbocycles. The highest BCUT2D eigenvalue weighted by Crippen LogP contribution is 2.51. The lowest BCUT2D eigenvalue weighted by Crippen LogP contribution is -2.45. The summed E-state index contributed by atoms with van der Waals surface area (Å²) in [5, 5.41) is 9.61. The number of nitrogens with two attached hydrogens (primary N) is 1. The van der Waals surface area contributed by atoms with Crippen molar-refractivity contribution < 1.29 is 19.4 Å². The van der Waals surface area contributed by atoms with Gasteiger partial charge < -0.3 is 25.2 Å². The number of hydrogen-bond acceptors (Lipinski definition) is 4. The van der Waals surface area contributed by atoms with Crippen molar-refractivity contribution in [3.8, 4) is 11.5 Å². The summed E-state index contributed by atoms with van der Waals surface area (Å²) < 4.78 is 11.6. The number of aryl methyl sites for hydroxylation is 1. The standard InChI is InChI=1S/C18H26N2O4/c1-10-9-12(19)14-15(24-8-7-23-14)13(10)11-5-6-20(17(21)22)16(11)18(2,3)4/h9,11,16H,5-8,19H2,1-4H3,(H,21,22). The van der Waals surface area contributed by atoms with Crippen molar-refractivity contribution in [2.24, 2.45) is 5.41 Å². The minimum Gasteiger partial charge on any atom is -0.486 e. The van der Waals surface area contributed by atoms with Crippen molar-refractivity contribution in [1.29, 1.82) is 0 Å². The lowest BCUT2D eigenvalue weighted by Gasteiger charge is -2.38. The van der Waals surface area contributed by atoms with Crippen LogP contribution in [0.4, 0.5) is 10.5 Å². The van der Waals surface area contributed by atoms with Gasteiger partial charge in [0.15, 0.2) is 11.5 Å². The van der Waals surface area contributed by atoms with E-state index in [0.29, 0.717) is 36.9 Å². The first kappa shape index (κ1) is 16.7. The Balaban J connectivity index is 2.13. The zero-order chi connectivity index (χ0) is 17.6. The lowest BCUT2D eigenvalue weighted by molar-refractivity contribution is 0.1000. The second-order valence-electron chi connectivity index (χ2n) is 7.73. The molecule has 0 radical (unpaired) electrons. The molecule has 2 heterocycles. The van der Waals surface area contributed by atoms with Crippen molar-refractivity contribution in [3.05, 3.63) is 17.2 Å². The Hall–Kier alpha value is -2.11. The molecule has 1 amide bonds. The number of ether oxygens (including phenoxy) is 2. The zero-order valence-corrected chi connectivity index (χ0v) is 14.8. The molecule has 6 heteroatoms. The maximum Gasteiger partial charge on any atom is 0.407 e. The molecule has 2 unspecified atom stereocenters. The molecule has 0 aromatic heterocycles. The molecule has 0 spiro atoms. The van der Waals surface area contributed by atoms with Crippen molar-refractivity contribution in [1.82, 2.24) is 4.90 Å². The van der Waals surface area contributed by atoms with E-state index < -0.39 is 6.09 Å². The molecular weight excluding hydrogens is 308 g/mol. The van der Waals surface area contributed by atoms with Gasteiger partial charge in [-0.15, -0.1) is 0 Å². The van der Waals surface area contributed by atoms with E-state index in [4.69, 9.17) is 15.2 Å². The molecule has 1 fully saturated rings. The molecule has 6 nitrogen and oxygen atoms in total. The summed E-state index contributed by atoms with van der Waals surface area (Å²) >= 11 is 0. The Bertz CT molecular complexity index is 666. The van der Waals surface area contributed by atoms with Crippen LogP contribution >= 0.6 is 0 Å². The maximum atomic E-state index is 11.7. The van der Waals surface area contributed by atoms with Gasteiger partial charge in [-0.05, 0) is 30.4 Å². The number of benzene rings is 1. The number of hydrogen-bond donors (Lipinski definition) is 2. The third-order valence-corrected chi connectivity index (χ3v) is 4.99. The van der Waals surface area contributed by atoms with Gasteiger partial charge in [-0.1, -0.05) is 20.8 Å². The van der Waals surface area contributed by atoms with E-state index in [1.54, 1.807) is 4.90 Å². The summed E-state index contributed by atoms with van der Waals surface area (Å²) in [7, 11) is 0. The summed E-state index contributed by atoms with van der Waals surface area (Å²) in [5.41, 5.74) is 8.56. The van der Waals surface area contributed by atoms with Crippen LogP contribution in [-0.2, 0) is 0 Å². The largest absolute Gasteiger partial charge is 0.486 e. The average molecular weight is 334 g/mol. The van der Waals surface area contributed by atoms with Crippen LogP contribution < -0.4 is 15.2 Å². The molecule has 1 aromatic carbocycles. The van der Waals surface area contributed by atoms with Gasteiger partial charge in [-0.2, -0.15) is 0 Å². The maximum absolute atomic E-state index is 11.7. The van der Waals surface area contributed by atoms with Gasteiger partial charge in [0.2, 0.25) is 0 Å². The Labute approximate surface area is 142 Å². The molecule has 0 aliphatic carbocycles. The number of likely N-dealkylation sites (tertiary alicyclic amines) is 1. The van der Waals surface area contributed by atoms with Crippen molar-refractivity contribution >= 4 is 11.8 Å². The number of carboxylic acid groups (broad SMARTS) is 1. The lowest BCUT2D eigenvalue weighted by atomic mass is 9.75. The Morgan fingerprint density at radius 3 is 2.50 bits per heavy atom. The summed E-state index contributed by atoms with van der Waals surface area (Å²) in [5.74, 6) is 1.37. The van der Waals surface area contributed by atoms with Gasteiger partial charge in [0.05, 0.1) is 5.69 Å². The van der Waals surface area contributed by atoms with Crippen LogP contribution in [0.15, 0.2) is 6.07 Å². The topological polar surface area (TPSA) is 85.0 Å². The number of fused-ring (bicyclic) bond motifs is 1. The fourth-order valence-corrected chi connectivity index (χ4v) is 4.23. The Morgan fingerprint density at radius 2 is 1.92 bits per heavy atom. The number of rotatable bonds is 1. The number of carbonyl (C=O) groups is 1. The minimum atomic E-state index is -0.864. The first-order valence-corrected chi connectivity index (χ1v) is 8.40. The Morgan fingerprint density at radius 1 is 1.29 bits per heavy atom. The highest BCUT2D eigenvalue weighted by atomic mass is 16.6. The van der Waals surface area contributed by atoms with Crippen LogP contribution in [0.5, 0.6) is 11.5 Å². The van der Waals surface area contributed by atoms with Crippen molar-refractivity contribution in [2.75, 3.05) is 25.5 Å². The predicted molar refractivity (Wildman–Crippen MR) is 91.9 cm³/mol. The van der Waals surface area contributed by atoms with Gasteiger partial charge in [-0.3, -0.25) is 0 Å². The van der Waals surface area contributed by atoms with E-state index >= 15 is 0 Å². The number of anilines is 1. The van der Waals surface area contributed by atoms with E-state index in [1.165, 1.54) is 0 Å². The molecule has 3 N–H and O–H groups in total. The highest BCUT2D eigenvalue weighted by molar-refractivity contribution is 5.69. The van der Waals surface area contributed by atoms with E-state index in [1.807, 2.05) is 13.0 Å². The van der Waals surface area contributed by atoms with Crippen LogP contribution in [0, 0.1) is 12.3 Å². The second kappa shape index (κ2) is 5.76. The fourth-order valence-electron chi connectivity index (χ4n) is 4.23. The van der Waals surface area contributed by atoms with Gasteiger partial charge in [0.25, 0.3) is 0 Å². The van der Waals surface area contributed by atoms with Crippen LogP contribution in [0.25, 0.3) is 0 Å². The molecule has 24 heavy (non-hydrogen) atoms. The van der Waals surface area contributed by atoms with Gasteiger partial charge in [-0.25, -0.2) is 4.79 Å². The smallest absolute Gasteiger partial charge is 0.407 e. The zero-order valence-electron chi connectivity index (χ0n) is 14.8. The first-order chi connectivity index (χ1) is 11.2. The van der Waals surface area contributed by atoms with E-state index in [-0.39, 0.29) is 17.4 Å². The van der Waals surface area contributed by atoms with Crippen LogP contribution in [0.1, 0.15) is 44.2 Å². The minimum absolute atomic E-state index is 0.0668. The van der Waals surface area contributed by atoms with Crippen molar-refractivity contribution in [2.45, 2.75) is 46.1 Å². The summed E-state index contributed by atoms with van der Waals surface area (Å²) in [6.45, 7) is 9.76. The Kier molecular flexibility index (Phi) is 4.01. The summed E-state index contributed by atoms with van der Waals surface area (Å²) in [4.78, 5) is 13.3. The first-order valence-electron chi connectivity index (χ1n) is 8.40. The fraction of sp³-hybridized carbons (Fsp3) is 0.611. The second-order valence-corrected chi connectivity index (χ2v) is 7.73. The molecule has 1 saturated heterocycles. The third-order valence-electron chi connectivity index (χ3n) is 4.99. The number of amides is 1. The van der Waals surface area contributed by atoms with Gasteiger partial charge in [0.1, 0.15) is 13.2 Å². The van der Waals surface area contributed by atoms with E-state index in [2.05, 4.69) is 20.8 Å². The molecule has 0 bridgehead atoms. The quantitative estimate of drug-likeness (QED) is 0.770. The third kappa shape index (κ3) is 2.64. The molecule has 2 atom stereocenters. The van der Waals surface area contributed by atoms with Gasteiger partial charge >= 0.3 is 6.09 Å². The highest BCUT2D eigenvalue weighted by Gasteiger charge is 2.46. The van der Waals surface area contributed by atoms with E-state index in [9.17, 15) is 9.90 Å². The van der Waals surface area contributed by atoms with Gasteiger partial charge in [0, 0.05) is 24.1 Å². The van der Waals surface area contributed by atoms with Crippen LogP contribution in [0.2, 0.25) is 0 Å². The molecule has 2 aliphatic heterocycles. The van der Waals surface area contributed by atoms with Crippen LogP contribution in [0.3, 0.4) is 0 Å². The average Bonchev–Trinajstić information content (AvgIpc) is 2.92. The summed E-state index contributed by atoms with van der Waals surface area (Å²) in [6.07, 6.45) is -0.0917. The molecule has 2 aliphatic rings. The molecular formula is C18H26N2O4. The SMILES string of the molecule is Cc1cc(N)c2c(c1C1CCN(C(=O)O)C1C(C)(C)C)OCCO2. The van der Waals surface area contributed by atoms with Crippen LogP contribution in [-0.4, -0.2) is 41.9 Å². The predicted octanol–water partition coefficient (Wildman–Crippen LogP) is 3.23. The molecule has 1 aromatic rings. The summed E-state index contributed by atoms with van der Waals surface area (Å²) in [6, 6.07) is 1.79.